The molecule has 0 bridgehead atoms. The molecule has 1 aromatic carbocycles. The summed E-state index contributed by atoms with van der Waals surface area (Å²) in [5.74, 6) is 0.815. The SMILES string of the molecule is CN=C(NCC(c1ccc(Cl)cc1)n1cccn1)NC1CC=CC1. The largest absolute Gasteiger partial charge is 0.354 e. The van der Waals surface area contributed by atoms with Crippen molar-refractivity contribution >= 4 is 17.6 Å². The average Bonchev–Trinajstić information content (AvgIpc) is 3.29. The van der Waals surface area contributed by atoms with Gasteiger partial charge in [0.15, 0.2) is 5.96 Å². The van der Waals surface area contributed by atoms with Crippen molar-refractivity contribution in [2.24, 2.45) is 4.99 Å². The Kier molecular flexibility index (Phi) is 5.54. The third kappa shape index (κ3) is 4.17. The minimum atomic E-state index is 0.0671. The zero-order chi connectivity index (χ0) is 16.8. The average molecular weight is 344 g/mol. The summed E-state index contributed by atoms with van der Waals surface area (Å²) in [6, 6.07) is 10.3. The number of halogens is 1. The van der Waals surface area contributed by atoms with Crippen LogP contribution in [0, 0.1) is 0 Å². The molecule has 126 valence electrons. The summed E-state index contributed by atoms with van der Waals surface area (Å²) in [7, 11) is 1.79. The van der Waals surface area contributed by atoms with E-state index in [1.807, 2.05) is 41.2 Å². The molecule has 0 saturated heterocycles. The van der Waals surface area contributed by atoms with Crippen molar-refractivity contribution in [3.63, 3.8) is 0 Å². The van der Waals surface area contributed by atoms with E-state index in [0.29, 0.717) is 12.6 Å². The number of benzene rings is 1. The number of guanidine groups is 1. The maximum atomic E-state index is 6.01. The first kappa shape index (κ1) is 16.6. The Morgan fingerprint density at radius 2 is 2.08 bits per heavy atom. The molecule has 1 atom stereocenters. The van der Waals surface area contributed by atoms with Gasteiger partial charge in [-0.15, -0.1) is 0 Å². The fourth-order valence-corrected chi connectivity index (χ4v) is 2.96. The molecule has 2 aromatic rings. The zero-order valence-corrected chi connectivity index (χ0v) is 14.4. The van der Waals surface area contributed by atoms with Crippen molar-refractivity contribution in [3.05, 3.63) is 65.5 Å². The van der Waals surface area contributed by atoms with Crippen molar-refractivity contribution in [1.29, 1.82) is 0 Å². The van der Waals surface area contributed by atoms with Crippen molar-refractivity contribution in [2.75, 3.05) is 13.6 Å². The van der Waals surface area contributed by atoms with Gasteiger partial charge in [-0.05, 0) is 36.6 Å². The van der Waals surface area contributed by atoms with Gasteiger partial charge in [0.2, 0.25) is 0 Å². The fourth-order valence-electron chi connectivity index (χ4n) is 2.83. The molecule has 3 rings (SSSR count). The molecule has 1 heterocycles. The van der Waals surface area contributed by atoms with Crippen LogP contribution in [-0.4, -0.2) is 35.4 Å². The molecule has 0 fully saturated rings. The van der Waals surface area contributed by atoms with Crippen LogP contribution in [0.15, 0.2) is 59.9 Å². The van der Waals surface area contributed by atoms with Gasteiger partial charge in [-0.3, -0.25) is 9.67 Å². The van der Waals surface area contributed by atoms with Gasteiger partial charge in [-0.2, -0.15) is 5.10 Å². The first-order valence-electron chi connectivity index (χ1n) is 8.13. The summed E-state index contributed by atoms with van der Waals surface area (Å²) in [6.45, 7) is 0.684. The van der Waals surface area contributed by atoms with Crippen molar-refractivity contribution in [3.8, 4) is 0 Å². The summed E-state index contributed by atoms with van der Waals surface area (Å²) >= 11 is 6.01. The van der Waals surface area contributed by atoms with E-state index in [2.05, 4.69) is 32.9 Å². The van der Waals surface area contributed by atoms with Crippen LogP contribution in [0.5, 0.6) is 0 Å². The molecule has 0 amide bonds. The first-order valence-corrected chi connectivity index (χ1v) is 8.51. The number of hydrogen-bond acceptors (Lipinski definition) is 2. The topological polar surface area (TPSA) is 54.2 Å². The molecule has 5 nitrogen and oxygen atoms in total. The van der Waals surface area contributed by atoms with Gasteiger partial charge < -0.3 is 10.6 Å². The molecular formula is C18H22ClN5. The number of aromatic nitrogens is 2. The Morgan fingerprint density at radius 1 is 1.33 bits per heavy atom. The molecule has 1 aliphatic rings. The Morgan fingerprint density at radius 3 is 2.71 bits per heavy atom. The summed E-state index contributed by atoms with van der Waals surface area (Å²) < 4.78 is 1.95. The van der Waals surface area contributed by atoms with Crippen LogP contribution >= 0.6 is 11.6 Å². The van der Waals surface area contributed by atoms with Crippen LogP contribution in [-0.2, 0) is 0 Å². The van der Waals surface area contributed by atoms with E-state index in [1.54, 1.807) is 13.2 Å². The van der Waals surface area contributed by atoms with E-state index in [1.165, 1.54) is 0 Å². The van der Waals surface area contributed by atoms with Gasteiger partial charge in [0.1, 0.15) is 0 Å². The Hall–Kier alpha value is -2.27. The van der Waals surface area contributed by atoms with Crippen LogP contribution in [0.3, 0.4) is 0 Å². The minimum Gasteiger partial charge on any atom is -0.354 e. The number of hydrogen-bond donors (Lipinski definition) is 2. The molecule has 0 radical (unpaired) electrons. The van der Waals surface area contributed by atoms with Gasteiger partial charge in [0, 0.05) is 37.1 Å². The Balaban J connectivity index is 1.68. The molecule has 1 aliphatic carbocycles. The third-order valence-electron chi connectivity index (χ3n) is 4.13. The quantitative estimate of drug-likeness (QED) is 0.498. The van der Waals surface area contributed by atoms with Gasteiger partial charge in [-0.25, -0.2) is 0 Å². The van der Waals surface area contributed by atoms with Crippen molar-refractivity contribution in [2.45, 2.75) is 24.9 Å². The van der Waals surface area contributed by atoms with Crippen molar-refractivity contribution < 1.29 is 0 Å². The van der Waals surface area contributed by atoms with Crippen LogP contribution in [0.4, 0.5) is 0 Å². The van der Waals surface area contributed by atoms with E-state index in [9.17, 15) is 0 Å². The second-order valence-corrected chi connectivity index (χ2v) is 6.23. The van der Waals surface area contributed by atoms with E-state index >= 15 is 0 Å². The maximum Gasteiger partial charge on any atom is 0.191 e. The van der Waals surface area contributed by atoms with E-state index in [-0.39, 0.29) is 6.04 Å². The maximum absolute atomic E-state index is 6.01. The molecule has 6 heteroatoms. The van der Waals surface area contributed by atoms with E-state index in [4.69, 9.17) is 11.6 Å². The van der Waals surface area contributed by atoms with Crippen LogP contribution in [0.1, 0.15) is 24.4 Å². The van der Waals surface area contributed by atoms with E-state index < -0.39 is 0 Å². The van der Waals surface area contributed by atoms with Crippen LogP contribution in [0.2, 0.25) is 5.02 Å². The molecule has 1 aromatic heterocycles. The van der Waals surface area contributed by atoms with E-state index in [0.717, 1.165) is 29.4 Å². The molecular weight excluding hydrogens is 322 g/mol. The van der Waals surface area contributed by atoms with Gasteiger partial charge in [-0.1, -0.05) is 35.9 Å². The lowest BCUT2D eigenvalue weighted by molar-refractivity contribution is 0.507. The predicted octanol–water partition coefficient (Wildman–Crippen LogP) is 3.01. The van der Waals surface area contributed by atoms with Crippen LogP contribution in [0.25, 0.3) is 0 Å². The number of aliphatic imine (C=N–C) groups is 1. The molecule has 0 spiro atoms. The smallest absolute Gasteiger partial charge is 0.191 e. The molecule has 1 unspecified atom stereocenters. The van der Waals surface area contributed by atoms with Gasteiger partial charge >= 0.3 is 0 Å². The second kappa shape index (κ2) is 8.02. The lowest BCUT2D eigenvalue weighted by Gasteiger charge is -2.22. The minimum absolute atomic E-state index is 0.0671. The molecule has 2 N–H and O–H groups in total. The first-order chi connectivity index (χ1) is 11.8. The fraction of sp³-hybridized carbons (Fsp3) is 0.333. The summed E-state index contributed by atoms with van der Waals surface area (Å²) in [6.07, 6.45) is 10.2. The monoisotopic (exact) mass is 343 g/mol. The summed E-state index contributed by atoms with van der Waals surface area (Å²) in [5.41, 5.74) is 1.15. The second-order valence-electron chi connectivity index (χ2n) is 5.79. The highest BCUT2D eigenvalue weighted by atomic mass is 35.5. The number of rotatable bonds is 5. The molecule has 0 saturated carbocycles. The lowest BCUT2D eigenvalue weighted by Crippen LogP contribution is -2.44. The molecule has 0 aliphatic heterocycles. The summed E-state index contributed by atoms with van der Waals surface area (Å²) in [4.78, 5) is 4.33. The van der Waals surface area contributed by atoms with Gasteiger partial charge in [0.25, 0.3) is 0 Å². The highest BCUT2D eigenvalue weighted by molar-refractivity contribution is 6.30. The van der Waals surface area contributed by atoms with Gasteiger partial charge in [0.05, 0.1) is 6.04 Å². The van der Waals surface area contributed by atoms with Crippen molar-refractivity contribution in [1.82, 2.24) is 20.4 Å². The number of nitrogens with zero attached hydrogens (tertiary/aromatic N) is 3. The number of nitrogens with one attached hydrogen (secondary N) is 2. The highest BCUT2D eigenvalue weighted by Gasteiger charge is 2.16. The standard InChI is InChI=1S/C18H22ClN5/c1-20-18(23-16-5-2-3-6-16)21-13-17(24-12-4-11-22-24)14-7-9-15(19)10-8-14/h2-4,7-12,16-17H,5-6,13H2,1H3,(H2,20,21,23). The lowest BCUT2D eigenvalue weighted by atomic mass is 10.1. The summed E-state index contributed by atoms with van der Waals surface area (Å²) in [5, 5.41) is 12.0. The Bertz CT molecular complexity index is 683. The zero-order valence-electron chi connectivity index (χ0n) is 13.7. The predicted molar refractivity (Wildman–Crippen MR) is 98.5 cm³/mol. The molecule has 24 heavy (non-hydrogen) atoms. The Labute approximate surface area is 147 Å². The normalized spacial score (nSPS) is 16.3. The van der Waals surface area contributed by atoms with Crippen LogP contribution < -0.4 is 10.6 Å². The highest BCUT2D eigenvalue weighted by Crippen LogP contribution is 2.19. The third-order valence-corrected chi connectivity index (χ3v) is 4.39.